The number of rotatable bonds is 8. The fraction of sp³-hybridized carbons (Fsp3) is 0.882. The summed E-state index contributed by atoms with van der Waals surface area (Å²) in [6.07, 6.45) is 5.30. The molecule has 2 atom stereocenters. The maximum absolute atomic E-state index is 12.2. The lowest BCUT2D eigenvalue weighted by Crippen LogP contribution is -2.48. The van der Waals surface area contributed by atoms with Crippen LogP contribution >= 0.6 is 24.0 Å². The van der Waals surface area contributed by atoms with Crippen molar-refractivity contribution in [2.45, 2.75) is 44.6 Å². The Morgan fingerprint density at radius 2 is 2.07 bits per heavy atom. The smallest absolute Gasteiger partial charge is 0.217 e. The standard InChI is InChI=1S/C17H33N5O4S.HI/c1-19-17(22-8-4-5-14(13-22)11-16(18)23)20-7-10-27(24,25)21-12-15-6-2-3-9-26-15;/h14-15,21H,2-13H2,1H3,(H2,18,23)(H,19,20);1H. The minimum absolute atomic E-state index is 0. The van der Waals surface area contributed by atoms with Crippen LogP contribution in [0.15, 0.2) is 4.99 Å². The molecule has 0 saturated carbocycles. The van der Waals surface area contributed by atoms with Crippen molar-refractivity contribution in [2.24, 2.45) is 16.6 Å². The van der Waals surface area contributed by atoms with Crippen molar-refractivity contribution >= 4 is 45.9 Å². The van der Waals surface area contributed by atoms with E-state index in [1.165, 1.54) is 0 Å². The first-order valence-electron chi connectivity index (χ1n) is 9.72. The molecule has 0 radical (unpaired) electrons. The average Bonchev–Trinajstić information content (AvgIpc) is 2.64. The number of ether oxygens (including phenoxy) is 1. The molecule has 4 N–H and O–H groups in total. The van der Waals surface area contributed by atoms with Crippen LogP contribution < -0.4 is 15.8 Å². The Hall–Kier alpha value is -0.660. The van der Waals surface area contributed by atoms with E-state index >= 15 is 0 Å². The van der Waals surface area contributed by atoms with Gasteiger partial charge in [-0.2, -0.15) is 0 Å². The highest BCUT2D eigenvalue weighted by atomic mass is 127. The van der Waals surface area contributed by atoms with Gasteiger partial charge in [0, 0.05) is 46.3 Å². The molecule has 0 aromatic rings. The van der Waals surface area contributed by atoms with E-state index in [1.807, 2.05) is 0 Å². The van der Waals surface area contributed by atoms with E-state index < -0.39 is 10.0 Å². The molecule has 28 heavy (non-hydrogen) atoms. The van der Waals surface area contributed by atoms with Crippen molar-refractivity contribution in [2.75, 3.05) is 45.6 Å². The van der Waals surface area contributed by atoms with Crippen molar-refractivity contribution in [1.82, 2.24) is 14.9 Å². The quantitative estimate of drug-likeness (QED) is 0.234. The summed E-state index contributed by atoms with van der Waals surface area (Å²) in [4.78, 5) is 17.5. The Morgan fingerprint density at radius 3 is 2.71 bits per heavy atom. The third-order valence-electron chi connectivity index (χ3n) is 4.98. The van der Waals surface area contributed by atoms with Gasteiger partial charge in [-0.3, -0.25) is 9.79 Å². The third-order valence-corrected chi connectivity index (χ3v) is 6.33. The highest BCUT2D eigenvalue weighted by Crippen LogP contribution is 2.19. The molecule has 2 rings (SSSR count). The zero-order valence-electron chi connectivity index (χ0n) is 16.6. The maximum atomic E-state index is 12.2. The van der Waals surface area contributed by atoms with E-state index in [-0.39, 0.29) is 54.2 Å². The maximum Gasteiger partial charge on any atom is 0.217 e. The van der Waals surface area contributed by atoms with Crippen molar-refractivity contribution in [3.05, 3.63) is 0 Å². The summed E-state index contributed by atoms with van der Waals surface area (Å²) in [6, 6.07) is 0. The highest BCUT2D eigenvalue weighted by Gasteiger charge is 2.24. The van der Waals surface area contributed by atoms with Gasteiger partial charge in [0.25, 0.3) is 0 Å². The normalized spacial score (nSPS) is 23.8. The van der Waals surface area contributed by atoms with Gasteiger partial charge in [-0.15, -0.1) is 24.0 Å². The molecule has 2 aliphatic heterocycles. The van der Waals surface area contributed by atoms with Gasteiger partial charge in [0.1, 0.15) is 0 Å². The zero-order chi connectivity index (χ0) is 19.7. The Kier molecular flexibility index (Phi) is 11.6. The number of nitrogens with one attached hydrogen (secondary N) is 2. The molecule has 0 bridgehead atoms. The number of likely N-dealkylation sites (tertiary alicyclic amines) is 1. The van der Waals surface area contributed by atoms with E-state index in [2.05, 4.69) is 19.9 Å². The minimum Gasteiger partial charge on any atom is -0.377 e. The van der Waals surface area contributed by atoms with Crippen LogP contribution in [-0.4, -0.2) is 76.9 Å². The first-order chi connectivity index (χ1) is 12.9. The number of guanidine groups is 1. The fourth-order valence-electron chi connectivity index (χ4n) is 3.60. The van der Waals surface area contributed by atoms with Gasteiger partial charge >= 0.3 is 0 Å². The summed E-state index contributed by atoms with van der Waals surface area (Å²) in [6.45, 7) is 2.84. The minimum atomic E-state index is -3.37. The summed E-state index contributed by atoms with van der Waals surface area (Å²) in [7, 11) is -1.70. The number of aliphatic imine (C=N–C) groups is 1. The molecule has 2 heterocycles. The van der Waals surface area contributed by atoms with Gasteiger partial charge in [-0.25, -0.2) is 13.1 Å². The van der Waals surface area contributed by atoms with Crippen LogP contribution in [0.3, 0.4) is 0 Å². The summed E-state index contributed by atoms with van der Waals surface area (Å²) in [5, 5.41) is 3.12. The number of amides is 1. The zero-order valence-corrected chi connectivity index (χ0v) is 19.7. The van der Waals surface area contributed by atoms with Gasteiger partial charge in [-0.1, -0.05) is 0 Å². The summed E-state index contributed by atoms with van der Waals surface area (Å²) < 4.78 is 32.5. The topological polar surface area (TPSA) is 126 Å². The summed E-state index contributed by atoms with van der Waals surface area (Å²) in [5.41, 5.74) is 5.30. The van der Waals surface area contributed by atoms with Gasteiger partial charge in [-0.05, 0) is 38.0 Å². The van der Waals surface area contributed by atoms with Crippen LogP contribution in [0.1, 0.15) is 38.5 Å². The Bertz CT molecular complexity index is 611. The van der Waals surface area contributed by atoms with Crippen molar-refractivity contribution in [1.29, 1.82) is 0 Å². The van der Waals surface area contributed by atoms with Gasteiger partial charge < -0.3 is 20.7 Å². The summed E-state index contributed by atoms with van der Waals surface area (Å²) >= 11 is 0. The molecule has 2 aliphatic rings. The Labute approximate surface area is 185 Å². The molecule has 0 spiro atoms. The number of halogens is 1. The van der Waals surface area contributed by atoms with Gasteiger partial charge in [0.2, 0.25) is 15.9 Å². The van der Waals surface area contributed by atoms with E-state index in [0.29, 0.717) is 32.1 Å². The number of sulfonamides is 1. The van der Waals surface area contributed by atoms with E-state index in [0.717, 1.165) is 38.6 Å². The fourth-order valence-corrected chi connectivity index (χ4v) is 4.55. The van der Waals surface area contributed by atoms with E-state index in [4.69, 9.17) is 10.5 Å². The molecular formula is C17H34IN5O4S. The predicted octanol–water partition coefficient (Wildman–Crippen LogP) is 0.256. The molecule has 2 saturated heterocycles. The number of primary amides is 1. The lowest BCUT2D eigenvalue weighted by atomic mass is 9.95. The first-order valence-corrected chi connectivity index (χ1v) is 11.4. The Balaban J connectivity index is 0.00000392. The third kappa shape index (κ3) is 9.23. The second-order valence-electron chi connectivity index (χ2n) is 7.25. The SMILES string of the molecule is CN=C(NCCS(=O)(=O)NCC1CCCCO1)N1CCCC(CC(N)=O)C1.I. The number of carbonyl (C=O) groups is 1. The second-order valence-corrected chi connectivity index (χ2v) is 9.18. The first kappa shape index (κ1) is 25.4. The molecular weight excluding hydrogens is 497 g/mol. The van der Waals surface area contributed by atoms with Crippen LogP contribution in [0.2, 0.25) is 0 Å². The molecule has 0 aromatic heterocycles. The lowest BCUT2D eigenvalue weighted by Gasteiger charge is -2.34. The Morgan fingerprint density at radius 1 is 1.29 bits per heavy atom. The van der Waals surface area contributed by atoms with E-state index in [9.17, 15) is 13.2 Å². The van der Waals surface area contributed by atoms with Crippen LogP contribution in [0.5, 0.6) is 0 Å². The van der Waals surface area contributed by atoms with Crippen molar-refractivity contribution in [3.63, 3.8) is 0 Å². The monoisotopic (exact) mass is 531 g/mol. The number of nitrogens with two attached hydrogens (primary N) is 1. The molecule has 11 heteroatoms. The van der Waals surface area contributed by atoms with E-state index in [1.54, 1.807) is 7.05 Å². The number of nitrogens with zero attached hydrogens (tertiary/aromatic N) is 2. The molecule has 9 nitrogen and oxygen atoms in total. The van der Waals surface area contributed by atoms with Gasteiger partial charge in [0.05, 0.1) is 11.9 Å². The number of piperidine rings is 1. The number of carbonyl (C=O) groups excluding carboxylic acids is 1. The average molecular weight is 531 g/mol. The predicted molar refractivity (Wildman–Crippen MR) is 120 cm³/mol. The second kappa shape index (κ2) is 12.8. The van der Waals surface area contributed by atoms with Crippen molar-refractivity contribution < 1.29 is 17.9 Å². The highest BCUT2D eigenvalue weighted by molar-refractivity contribution is 14.0. The molecule has 2 fully saturated rings. The molecule has 1 amide bonds. The van der Waals surface area contributed by atoms with Crippen LogP contribution in [-0.2, 0) is 19.6 Å². The number of hydrogen-bond donors (Lipinski definition) is 3. The van der Waals surface area contributed by atoms with Crippen LogP contribution in [0.4, 0.5) is 0 Å². The van der Waals surface area contributed by atoms with Gasteiger partial charge in [0.15, 0.2) is 5.96 Å². The lowest BCUT2D eigenvalue weighted by molar-refractivity contribution is -0.119. The molecule has 164 valence electrons. The molecule has 2 unspecified atom stereocenters. The van der Waals surface area contributed by atoms with Crippen LogP contribution in [0.25, 0.3) is 0 Å². The largest absolute Gasteiger partial charge is 0.377 e. The molecule has 0 aliphatic carbocycles. The van der Waals surface area contributed by atoms with Crippen molar-refractivity contribution in [3.8, 4) is 0 Å². The number of hydrogen-bond acceptors (Lipinski definition) is 5. The molecule has 0 aromatic carbocycles. The summed E-state index contributed by atoms with van der Waals surface area (Å²) in [5.74, 6) is 0.562. The van der Waals surface area contributed by atoms with Crippen LogP contribution in [0, 0.1) is 5.92 Å².